The van der Waals surface area contributed by atoms with Crippen molar-refractivity contribution in [1.82, 2.24) is 10.2 Å². The van der Waals surface area contributed by atoms with Gasteiger partial charge in [0.1, 0.15) is 0 Å². The third-order valence-electron chi connectivity index (χ3n) is 5.38. The fraction of sp³-hybridized carbons (Fsp3) is 1.00. The lowest BCUT2D eigenvalue weighted by Crippen LogP contribution is -2.66. The number of alkyl halides is 3. The van der Waals surface area contributed by atoms with Crippen LogP contribution in [0.5, 0.6) is 0 Å². The minimum Gasteiger partial charge on any atom is -0.311 e. The maximum Gasteiger partial charge on any atom is 0.522 e. The molecule has 1 aliphatic heterocycles. The fourth-order valence-electron chi connectivity index (χ4n) is 4.05. The summed E-state index contributed by atoms with van der Waals surface area (Å²) in [7, 11) is 0. The van der Waals surface area contributed by atoms with Gasteiger partial charge in [-0.05, 0) is 31.6 Å². The van der Waals surface area contributed by atoms with Gasteiger partial charge in [0.25, 0.3) is 0 Å². The Morgan fingerprint density at radius 2 is 1.86 bits per heavy atom. The van der Waals surface area contributed by atoms with E-state index < -0.39 is 6.36 Å². The van der Waals surface area contributed by atoms with E-state index in [1.54, 1.807) is 0 Å². The second-order valence-corrected chi connectivity index (χ2v) is 6.85. The molecule has 0 aromatic heterocycles. The summed E-state index contributed by atoms with van der Waals surface area (Å²) in [5, 5.41) is 3.67. The van der Waals surface area contributed by atoms with Gasteiger partial charge in [0, 0.05) is 31.2 Å². The molecule has 6 heteroatoms. The van der Waals surface area contributed by atoms with Gasteiger partial charge in [0.05, 0.1) is 6.61 Å². The molecule has 1 atom stereocenters. The number of ether oxygens (including phenoxy) is 1. The van der Waals surface area contributed by atoms with Crippen LogP contribution in [0.25, 0.3) is 0 Å². The number of nitrogens with zero attached hydrogens (tertiary/aromatic N) is 1. The lowest BCUT2D eigenvalue weighted by molar-refractivity contribution is -0.325. The minimum atomic E-state index is -4.51. The summed E-state index contributed by atoms with van der Waals surface area (Å²) in [5.41, 5.74) is 0.0681. The molecule has 0 aromatic carbocycles. The Hall–Kier alpha value is -0.330. The summed E-state index contributed by atoms with van der Waals surface area (Å²) in [5.74, 6) is 0.733. The Balaban J connectivity index is 1.61. The number of halogens is 3. The third kappa shape index (κ3) is 3.90. The van der Waals surface area contributed by atoms with E-state index in [1.807, 2.05) is 0 Å². The summed E-state index contributed by atoms with van der Waals surface area (Å²) < 4.78 is 40.6. The third-order valence-corrected chi connectivity index (χ3v) is 5.38. The molecule has 2 aliphatic carbocycles. The summed E-state index contributed by atoms with van der Waals surface area (Å²) >= 11 is 0. The van der Waals surface area contributed by atoms with Crippen molar-refractivity contribution in [1.29, 1.82) is 0 Å². The number of nitrogens with one attached hydrogen (secondary N) is 1. The van der Waals surface area contributed by atoms with Crippen LogP contribution < -0.4 is 5.32 Å². The van der Waals surface area contributed by atoms with Crippen LogP contribution in [-0.2, 0) is 4.74 Å². The van der Waals surface area contributed by atoms with E-state index in [1.165, 1.54) is 32.1 Å². The van der Waals surface area contributed by atoms with E-state index in [-0.39, 0.29) is 12.1 Å². The molecule has 1 heterocycles. The van der Waals surface area contributed by atoms with Crippen LogP contribution in [0.4, 0.5) is 13.2 Å². The molecule has 3 rings (SSSR count). The Morgan fingerprint density at radius 1 is 1.14 bits per heavy atom. The van der Waals surface area contributed by atoms with Crippen LogP contribution in [0.3, 0.4) is 0 Å². The molecule has 0 aromatic rings. The molecule has 3 aliphatic rings. The molecule has 0 amide bonds. The van der Waals surface area contributed by atoms with E-state index in [2.05, 4.69) is 15.0 Å². The maximum absolute atomic E-state index is 12.2. The molecule has 0 bridgehead atoms. The van der Waals surface area contributed by atoms with E-state index in [0.717, 1.165) is 31.8 Å². The van der Waals surface area contributed by atoms with E-state index in [0.29, 0.717) is 12.6 Å². The van der Waals surface area contributed by atoms with Gasteiger partial charge in [-0.25, -0.2) is 0 Å². The lowest BCUT2D eigenvalue weighted by atomic mass is 9.78. The molecule has 2 saturated carbocycles. The van der Waals surface area contributed by atoms with Gasteiger partial charge < -0.3 is 5.32 Å². The summed E-state index contributed by atoms with van der Waals surface area (Å²) in [6.45, 7) is 1.96. The Bertz CT molecular complexity index is 351. The molecule has 3 nitrogen and oxygen atoms in total. The standard InChI is InChI=1S/C15H25F3N2O/c16-15(17,18)21-9-8-20-10-13(12-4-5-12)19-11-14(20)6-2-1-3-7-14/h12-13,19H,1-11H2. The van der Waals surface area contributed by atoms with Crippen LogP contribution in [0.1, 0.15) is 44.9 Å². The molecule has 3 fully saturated rings. The second-order valence-electron chi connectivity index (χ2n) is 6.85. The average molecular weight is 306 g/mol. The molecule has 1 unspecified atom stereocenters. The smallest absolute Gasteiger partial charge is 0.311 e. The highest BCUT2D eigenvalue weighted by Crippen LogP contribution is 2.40. The average Bonchev–Trinajstić information content (AvgIpc) is 3.25. The molecular formula is C15H25F3N2O. The number of hydrogen-bond acceptors (Lipinski definition) is 3. The number of hydrogen-bond donors (Lipinski definition) is 1. The van der Waals surface area contributed by atoms with Gasteiger partial charge in [0.15, 0.2) is 0 Å². The highest BCUT2D eigenvalue weighted by molar-refractivity contribution is 5.03. The van der Waals surface area contributed by atoms with Gasteiger partial charge in [-0.3, -0.25) is 9.64 Å². The normalized spacial score (nSPS) is 30.7. The van der Waals surface area contributed by atoms with Crippen molar-refractivity contribution in [3.63, 3.8) is 0 Å². The Morgan fingerprint density at radius 3 is 2.48 bits per heavy atom. The Kier molecular flexibility index (Phi) is 4.48. The van der Waals surface area contributed by atoms with Crippen molar-refractivity contribution >= 4 is 0 Å². The summed E-state index contributed by atoms with van der Waals surface area (Å²) in [6, 6.07) is 0.462. The fourth-order valence-corrected chi connectivity index (χ4v) is 4.05. The first-order valence-corrected chi connectivity index (χ1v) is 8.18. The number of piperazine rings is 1. The van der Waals surface area contributed by atoms with Crippen molar-refractivity contribution in [2.24, 2.45) is 5.92 Å². The van der Waals surface area contributed by atoms with E-state index >= 15 is 0 Å². The molecule has 21 heavy (non-hydrogen) atoms. The SMILES string of the molecule is FC(F)(F)OCCN1CC(C2CC2)NCC12CCCCC2. The van der Waals surface area contributed by atoms with Gasteiger partial charge in [-0.15, -0.1) is 13.2 Å². The van der Waals surface area contributed by atoms with E-state index in [9.17, 15) is 13.2 Å². The van der Waals surface area contributed by atoms with Crippen LogP contribution >= 0.6 is 0 Å². The Labute approximate surface area is 124 Å². The van der Waals surface area contributed by atoms with Crippen molar-refractivity contribution in [3.05, 3.63) is 0 Å². The minimum absolute atomic E-state index is 0.0681. The lowest BCUT2D eigenvalue weighted by Gasteiger charge is -2.52. The molecule has 1 saturated heterocycles. The molecular weight excluding hydrogens is 281 g/mol. The van der Waals surface area contributed by atoms with Crippen molar-refractivity contribution in [2.45, 2.75) is 62.9 Å². The van der Waals surface area contributed by atoms with Crippen LogP contribution in [0.2, 0.25) is 0 Å². The summed E-state index contributed by atoms with van der Waals surface area (Å²) in [4.78, 5) is 2.30. The highest BCUT2D eigenvalue weighted by atomic mass is 19.4. The molecule has 1 N–H and O–H groups in total. The van der Waals surface area contributed by atoms with E-state index in [4.69, 9.17) is 0 Å². The molecule has 0 radical (unpaired) electrons. The zero-order valence-electron chi connectivity index (χ0n) is 12.4. The van der Waals surface area contributed by atoms with Crippen LogP contribution in [0.15, 0.2) is 0 Å². The monoisotopic (exact) mass is 306 g/mol. The van der Waals surface area contributed by atoms with Gasteiger partial charge in [0.2, 0.25) is 0 Å². The predicted molar refractivity (Wildman–Crippen MR) is 73.9 cm³/mol. The highest BCUT2D eigenvalue weighted by Gasteiger charge is 2.45. The zero-order valence-corrected chi connectivity index (χ0v) is 12.4. The van der Waals surface area contributed by atoms with Crippen LogP contribution in [-0.4, -0.2) is 49.1 Å². The predicted octanol–water partition coefficient (Wildman–Crippen LogP) is 2.91. The zero-order chi connectivity index (χ0) is 14.9. The van der Waals surface area contributed by atoms with Crippen molar-refractivity contribution < 1.29 is 17.9 Å². The van der Waals surface area contributed by atoms with Crippen LogP contribution in [0, 0.1) is 5.92 Å². The maximum atomic E-state index is 12.2. The topological polar surface area (TPSA) is 24.5 Å². The molecule has 1 spiro atoms. The van der Waals surface area contributed by atoms with Gasteiger partial charge in [-0.2, -0.15) is 0 Å². The molecule has 122 valence electrons. The second kappa shape index (κ2) is 6.05. The number of rotatable bonds is 4. The van der Waals surface area contributed by atoms with Gasteiger partial charge in [-0.1, -0.05) is 19.3 Å². The first kappa shape index (κ1) is 15.6. The summed E-state index contributed by atoms with van der Waals surface area (Å²) in [6.07, 6.45) is 3.84. The van der Waals surface area contributed by atoms with Crippen molar-refractivity contribution in [3.8, 4) is 0 Å². The first-order chi connectivity index (χ1) is 9.99. The van der Waals surface area contributed by atoms with Gasteiger partial charge >= 0.3 is 6.36 Å². The first-order valence-electron chi connectivity index (χ1n) is 8.18. The van der Waals surface area contributed by atoms with Crippen molar-refractivity contribution in [2.75, 3.05) is 26.2 Å². The largest absolute Gasteiger partial charge is 0.522 e. The quantitative estimate of drug-likeness (QED) is 0.864.